The number of fused-ring (bicyclic) bond motifs is 1. The number of para-hydroxylation sites is 1. The Hall–Kier alpha value is -2.35. The second kappa shape index (κ2) is 3.66. The van der Waals surface area contributed by atoms with Crippen LogP contribution in [-0.4, -0.2) is 25.0 Å². The van der Waals surface area contributed by atoms with E-state index in [-0.39, 0.29) is 11.8 Å². The summed E-state index contributed by atoms with van der Waals surface area (Å²) in [6, 6.07) is 6.84. The Morgan fingerprint density at radius 2 is 2.06 bits per heavy atom. The smallest absolute Gasteiger partial charge is 0.306 e. The minimum Gasteiger partial charge on any atom is -0.306 e. The lowest BCUT2D eigenvalue weighted by Crippen LogP contribution is -2.42. The van der Waals surface area contributed by atoms with Crippen LogP contribution >= 0.6 is 0 Å². The Kier molecular flexibility index (Phi) is 2.33. The zero-order chi connectivity index (χ0) is 11.7. The Bertz CT molecular complexity index is 504. The molecular formula is C11H10N3O2+. The first-order chi connectivity index (χ1) is 7.65. The molecule has 0 saturated carbocycles. The molecule has 5 nitrogen and oxygen atoms in total. The van der Waals surface area contributed by atoms with Crippen molar-refractivity contribution >= 4 is 17.5 Å². The summed E-state index contributed by atoms with van der Waals surface area (Å²) in [5.41, 5.74) is 0.987. The number of nitrogens with zero attached hydrogens (tertiary/aromatic N) is 2. The number of amides is 2. The molecule has 0 saturated heterocycles. The minimum absolute atomic E-state index is 0.354. The molecule has 1 atom stereocenters. The number of anilines is 1. The van der Waals surface area contributed by atoms with Crippen molar-refractivity contribution < 1.29 is 9.59 Å². The van der Waals surface area contributed by atoms with Crippen molar-refractivity contribution in [3.63, 3.8) is 0 Å². The monoisotopic (exact) mass is 216 g/mol. The number of benzene rings is 1. The Morgan fingerprint density at radius 1 is 1.38 bits per heavy atom. The third kappa shape index (κ3) is 1.41. The molecule has 5 heteroatoms. The van der Waals surface area contributed by atoms with E-state index < -0.39 is 6.17 Å². The second-order valence-corrected chi connectivity index (χ2v) is 3.44. The van der Waals surface area contributed by atoms with E-state index in [1.54, 1.807) is 31.3 Å². The van der Waals surface area contributed by atoms with Crippen molar-refractivity contribution in [3.05, 3.63) is 34.7 Å². The van der Waals surface area contributed by atoms with Gasteiger partial charge in [0.2, 0.25) is 0 Å². The van der Waals surface area contributed by atoms with Crippen molar-refractivity contribution in [2.24, 2.45) is 0 Å². The molecular weight excluding hydrogens is 206 g/mol. The lowest BCUT2D eigenvalue weighted by molar-refractivity contribution is -0.119. The summed E-state index contributed by atoms with van der Waals surface area (Å²) in [6.07, 6.45) is -1.02. The highest BCUT2D eigenvalue weighted by Crippen LogP contribution is 2.22. The molecule has 0 spiro atoms. The molecule has 0 aliphatic carbocycles. The fourth-order valence-electron chi connectivity index (χ4n) is 1.62. The topological polar surface area (TPSA) is 53.8 Å². The van der Waals surface area contributed by atoms with Gasteiger partial charge in [-0.05, 0) is 17.0 Å². The van der Waals surface area contributed by atoms with E-state index in [1.807, 2.05) is 0 Å². The van der Waals surface area contributed by atoms with Crippen LogP contribution in [0.3, 0.4) is 0 Å². The minimum atomic E-state index is -1.02. The molecule has 2 rings (SSSR count). The van der Waals surface area contributed by atoms with E-state index in [0.717, 1.165) is 0 Å². The van der Waals surface area contributed by atoms with Crippen LogP contribution in [0.25, 0.3) is 4.85 Å². The largest absolute Gasteiger partial charge is 0.425 e. The maximum Gasteiger partial charge on any atom is 0.425 e. The second-order valence-electron chi connectivity index (χ2n) is 3.44. The van der Waals surface area contributed by atoms with Gasteiger partial charge in [0.25, 0.3) is 12.5 Å². The third-order valence-corrected chi connectivity index (χ3v) is 2.49. The van der Waals surface area contributed by atoms with Crippen molar-refractivity contribution in [1.82, 2.24) is 5.32 Å². The fraction of sp³-hybridized carbons (Fsp3) is 0.182. The van der Waals surface area contributed by atoms with Gasteiger partial charge >= 0.3 is 12.1 Å². The Morgan fingerprint density at radius 3 is 2.75 bits per heavy atom. The van der Waals surface area contributed by atoms with E-state index in [9.17, 15) is 9.59 Å². The van der Waals surface area contributed by atoms with Crippen LogP contribution < -0.4 is 10.2 Å². The van der Waals surface area contributed by atoms with Crippen molar-refractivity contribution in [2.45, 2.75) is 6.17 Å². The molecule has 80 valence electrons. The normalized spacial score (nSPS) is 19.5. The number of rotatable bonds is 0. The molecule has 0 radical (unpaired) electrons. The van der Waals surface area contributed by atoms with E-state index in [2.05, 4.69) is 10.2 Å². The molecule has 2 amide bonds. The molecule has 1 aromatic carbocycles. The first-order valence-corrected chi connectivity index (χ1v) is 4.72. The Labute approximate surface area is 92.5 Å². The summed E-state index contributed by atoms with van der Waals surface area (Å²) in [5, 5.41) is 2.44. The predicted molar refractivity (Wildman–Crippen MR) is 59.4 cm³/mol. The van der Waals surface area contributed by atoms with Crippen molar-refractivity contribution in [3.8, 4) is 6.57 Å². The zero-order valence-corrected chi connectivity index (χ0v) is 8.68. The molecule has 16 heavy (non-hydrogen) atoms. The molecule has 1 aromatic rings. The average Bonchev–Trinajstić information content (AvgIpc) is 2.41. The molecule has 0 aromatic heterocycles. The van der Waals surface area contributed by atoms with Crippen LogP contribution in [0.15, 0.2) is 24.3 Å². The SMILES string of the molecule is C#[N+]C1NC(=O)c2ccccc2N(C)C1=O. The van der Waals surface area contributed by atoms with Gasteiger partial charge in [0, 0.05) is 7.05 Å². The molecule has 0 fully saturated rings. The average molecular weight is 216 g/mol. The molecule has 1 aliphatic heterocycles. The van der Waals surface area contributed by atoms with Gasteiger partial charge in [-0.3, -0.25) is 14.9 Å². The summed E-state index contributed by atoms with van der Waals surface area (Å²) in [6.45, 7) is 5.09. The van der Waals surface area contributed by atoms with E-state index >= 15 is 0 Å². The van der Waals surface area contributed by atoms with Gasteiger partial charge in [-0.15, -0.1) is 0 Å². The highest BCUT2D eigenvalue weighted by Gasteiger charge is 2.37. The number of hydrogen-bond donors (Lipinski definition) is 1. The number of likely N-dealkylation sites (N-methyl/N-ethyl adjacent to an activating group) is 1. The van der Waals surface area contributed by atoms with E-state index in [1.165, 1.54) is 4.90 Å². The number of carbonyl (C=O) groups is 2. The maximum atomic E-state index is 11.8. The molecule has 0 bridgehead atoms. The van der Waals surface area contributed by atoms with Crippen LogP contribution in [0.4, 0.5) is 5.69 Å². The maximum absolute atomic E-state index is 11.8. The van der Waals surface area contributed by atoms with Crippen molar-refractivity contribution in [1.29, 1.82) is 0 Å². The quantitative estimate of drug-likeness (QED) is 0.693. The summed E-state index contributed by atoms with van der Waals surface area (Å²) < 4.78 is 0. The fourth-order valence-corrected chi connectivity index (χ4v) is 1.62. The van der Waals surface area contributed by atoms with Crippen LogP contribution in [-0.2, 0) is 4.79 Å². The van der Waals surface area contributed by atoms with Gasteiger partial charge in [0.1, 0.15) is 0 Å². The number of nitrogens with one attached hydrogen (secondary N) is 1. The number of carbonyl (C=O) groups excluding carboxylic acids is 2. The zero-order valence-electron chi connectivity index (χ0n) is 8.68. The summed E-state index contributed by atoms with van der Waals surface area (Å²) in [7, 11) is 1.58. The van der Waals surface area contributed by atoms with Gasteiger partial charge < -0.3 is 4.90 Å². The molecule has 1 N–H and O–H groups in total. The Balaban J connectivity index is 2.57. The summed E-state index contributed by atoms with van der Waals surface area (Å²) in [5.74, 6) is -0.715. The van der Waals surface area contributed by atoms with Crippen molar-refractivity contribution in [2.75, 3.05) is 11.9 Å². The van der Waals surface area contributed by atoms with Gasteiger partial charge in [-0.25, -0.2) is 0 Å². The van der Waals surface area contributed by atoms with Gasteiger partial charge in [0.05, 0.1) is 11.3 Å². The van der Waals surface area contributed by atoms with Crippen LogP contribution in [0, 0.1) is 6.57 Å². The van der Waals surface area contributed by atoms with Crippen LogP contribution in [0.1, 0.15) is 10.4 Å². The van der Waals surface area contributed by atoms with Gasteiger partial charge in [-0.2, -0.15) is 0 Å². The molecule has 1 unspecified atom stereocenters. The lowest BCUT2D eigenvalue weighted by Gasteiger charge is -2.14. The molecule has 1 aliphatic rings. The predicted octanol–water partition coefficient (Wildman–Crippen LogP) is 0.682. The molecule has 1 heterocycles. The summed E-state index contributed by atoms with van der Waals surface area (Å²) >= 11 is 0. The third-order valence-electron chi connectivity index (χ3n) is 2.49. The lowest BCUT2D eigenvalue weighted by atomic mass is 10.1. The highest BCUT2D eigenvalue weighted by molar-refractivity contribution is 6.11. The van der Waals surface area contributed by atoms with Gasteiger partial charge in [-0.1, -0.05) is 12.1 Å². The van der Waals surface area contributed by atoms with E-state index in [4.69, 9.17) is 6.57 Å². The standard InChI is InChI=1S/C11H9N3O2/c1-12-9-11(16)14(2)8-6-4-3-5-7(8)10(15)13-9/h1,3-6,9H,2H3/p+1. The van der Waals surface area contributed by atoms with E-state index in [0.29, 0.717) is 11.3 Å². The first kappa shape index (κ1) is 10.2. The van der Waals surface area contributed by atoms with Gasteiger partial charge in [0.15, 0.2) is 0 Å². The number of hydrogen-bond acceptors (Lipinski definition) is 2. The van der Waals surface area contributed by atoms with Crippen LogP contribution in [0.2, 0.25) is 0 Å². The highest BCUT2D eigenvalue weighted by atomic mass is 16.2. The first-order valence-electron chi connectivity index (χ1n) is 4.72. The van der Waals surface area contributed by atoms with Crippen LogP contribution in [0.5, 0.6) is 0 Å². The summed E-state index contributed by atoms with van der Waals surface area (Å²) in [4.78, 5) is 28.3.